The maximum Gasteiger partial charge on any atom is 0.400 e. The number of halogens is 6. The van der Waals surface area contributed by atoms with Gasteiger partial charge in [-0.3, -0.25) is 4.79 Å². The maximum absolute atomic E-state index is 12.1. The molecule has 17 heavy (non-hydrogen) atoms. The molecule has 0 unspecified atom stereocenters. The minimum absolute atomic E-state index is 0.754. The van der Waals surface area contributed by atoms with Gasteiger partial charge in [-0.15, -0.1) is 0 Å². The molecule has 0 rings (SSSR count). The molecule has 0 aromatic heterocycles. The topological polar surface area (TPSA) is 52.3 Å². The van der Waals surface area contributed by atoms with Crippen LogP contribution in [0.3, 0.4) is 0 Å². The van der Waals surface area contributed by atoms with Crippen LogP contribution < -0.4 is 5.73 Å². The van der Waals surface area contributed by atoms with Gasteiger partial charge >= 0.3 is 18.3 Å². The fourth-order valence-corrected chi connectivity index (χ4v) is 1.13. The minimum atomic E-state index is -5.41. The first-order valence-corrected chi connectivity index (χ1v) is 4.47. The van der Waals surface area contributed by atoms with Crippen LogP contribution in [0.5, 0.6) is 0 Å². The van der Waals surface area contributed by atoms with E-state index in [4.69, 9.17) is 5.73 Å². The van der Waals surface area contributed by atoms with E-state index in [1.165, 1.54) is 0 Å². The Bertz CT molecular complexity index is 248. The third kappa shape index (κ3) is 5.24. The Kier molecular flexibility index (Phi) is 5.24. The van der Waals surface area contributed by atoms with Gasteiger partial charge in [0.2, 0.25) is 0 Å². The fourth-order valence-electron chi connectivity index (χ4n) is 1.13. The zero-order valence-electron chi connectivity index (χ0n) is 8.73. The molecule has 0 aliphatic carbocycles. The summed E-state index contributed by atoms with van der Waals surface area (Å²) in [6.45, 7) is 0. The van der Waals surface area contributed by atoms with Crippen molar-refractivity contribution in [3.05, 3.63) is 0 Å². The quantitative estimate of drug-likeness (QED) is 0.626. The predicted octanol–water partition coefficient (Wildman–Crippen LogP) is 2.01. The number of esters is 1. The molecular weight excluding hydrogens is 256 g/mol. The molecule has 0 spiro atoms. The van der Waals surface area contributed by atoms with Crippen molar-refractivity contribution in [1.29, 1.82) is 0 Å². The van der Waals surface area contributed by atoms with Gasteiger partial charge in [-0.2, -0.15) is 26.3 Å². The van der Waals surface area contributed by atoms with E-state index in [2.05, 4.69) is 4.74 Å². The molecular formula is C8H11F6NO2. The molecule has 0 aromatic rings. The summed E-state index contributed by atoms with van der Waals surface area (Å²) in [5.74, 6) is -4.53. The number of carbonyl (C=O) groups is 1. The van der Waals surface area contributed by atoms with E-state index in [0.29, 0.717) is 0 Å². The van der Waals surface area contributed by atoms with E-state index in [-0.39, 0.29) is 0 Å². The van der Waals surface area contributed by atoms with E-state index in [9.17, 15) is 31.1 Å². The van der Waals surface area contributed by atoms with E-state index in [1.54, 1.807) is 0 Å². The van der Waals surface area contributed by atoms with Crippen LogP contribution in [0.4, 0.5) is 26.3 Å². The molecule has 2 N–H and O–H groups in total. The lowest BCUT2D eigenvalue weighted by atomic mass is 9.99. The predicted molar refractivity (Wildman–Crippen MR) is 44.8 cm³/mol. The minimum Gasteiger partial charge on any atom is -0.468 e. The molecule has 102 valence electrons. The highest BCUT2D eigenvalue weighted by molar-refractivity contribution is 5.75. The second-order valence-electron chi connectivity index (χ2n) is 3.34. The Hall–Kier alpha value is -0.990. The Labute approximate surface area is 92.9 Å². The highest BCUT2D eigenvalue weighted by atomic mass is 19.4. The van der Waals surface area contributed by atoms with Crippen molar-refractivity contribution in [2.24, 2.45) is 11.7 Å². The molecule has 0 amide bonds. The standard InChI is InChI=1S/C8H11F6NO2/c1-17-6(16)4(15)2-3-5(7(9,10)11)8(12,13)14/h4-5H,2-3,15H2,1H3/t4-/m0/s1. The Balaban J connectivity index is 4.54. The fraction of sp³-hybridized carbons (Fsp3) is 0.875. The van der Waals surface area contributed by atoms with E-state index in [0.717, 1.165) is 7.11 Å². The second-order valence-corrected chi connectivity index (χ2v) is 3.34. The van der Waals surface area contributed by atoms with Gasteiger partial charge in [-0.05, 0) is 12.8 Å². The molecule has 1 atom stereocenters. The molecule has 0 saturated heterocycles. The molecule has 0 aliphatic rings. The van der Waals surface area contributed by atoms with Crippen LogP contribution in [0.1, 0.15) is 12.8 Å². The summed E-state index contributed by atoms with van der Waals surface area (Å²) in [5, 5.41) is 0. The van der Waals surface area contributed by atoms with Crippen molar-refractivity contribution in [3.63, 3.8) is 0 Å². The van der Waals surface area contributed by atoms with Gasteiger partial charge in [0.1, 0.15) is 6.04 Å². The molecule has 3 nitrogen and oxygen atoms in total. The maximum atomic E-state index is 12.1. The van der Waals surface area contributed by atoms with E-state index >= 15 is 0 Å². The number of hydrogen-bond acceptors (Lipinski definition) is 3. The summed E-state index contributed by atoms with van der Waals surface area (Å²) in [6, 6.07) is -1.49. The van der Waals surface area contributed by atoms with Gasteiger partial charge in [0.25, 0.3) is 0 Å². The van der Waals surface area contributed by atoms with Gasteiger partial charge in [0.15, 0.2) is 5.92 Å². The number of carbonyl (C=O) groups excluding carboxylic acids is 1. The lowest BCUT2D eigenvalue weighted by Gasteiger charge is -2.23. The average molecular weight is 267 g/mol. The van der Waals surface area contributed by atoms with E-state index in [1.807, 2.05) is 0 Å². The molecule has 0 saturated carbocycles. The smallest absolute Gasteiger partial charge is 0.400 e. The number of rotatable bonds is 4. The number of hydrogen-bond donors (Lipinski definition) is 1. The van der Waals surface area contributed by atoms with Crippen molar-refractivity contribution < 1.29 is 35.9 Å². The van der Waals surface area contributed by atoms with Crippen LogP contribution in [0.25, 0.3) is 0 Å². The van der Waals surface area contributed by atoms with Crippen molar-refractivity contribution in [2.45, 2.75) is 31.2 Å². The van der Waals surface area contributed by atoms with Crippen LogP contribution in [0.2, 0.25) is 0 Å². The third-order valence-electron chi connectivity index (χ3n) is 2.06. The molecule has 0 aliphatic heterocycles. The van der Waals surface area contributed by atoms with Crippen molar-refractivity contribution >= 4 is 5.97 Å². The SMILES string of the molecule is COC(=O)[C@@H](N)CCC(C(F)(F)F)C(F)(F)F. The van der Waals surface area contributed by atoms with E-state index < -0.39 is 43.1 Å². The zero-order chi connectivity index (χ0) is 13.9. The molecule has 0 fully saturated rings. The number of alkyl halides is 6. The monoisotopic (exact) mass is 267 g/mol. The van der Waals surface area contributed by atoms with Crippen molar-refractivity contribution in [1.82, 2.24) is 0 Å². The summed E-state index contributed by atoms with van der Waals surface area (Å²) in [4.78, 5) is 10.7. The Morgan fingerprint density at radius 3 is 1.82 bits per heavy atom. The summed E-state index contributed by atoms with van der Waals surface area (Å²) in [6.07, 6.45) is -12.9. The lowest BCUT2D eigenvalue weighted by Crippen LogP contribution is -2.39. The summed E-state index contributed by atoms with van der Waals surface area (Å²) < 4.78 is 76.5. The van der Waals surface area contributed by atoms with Crippen molar-refractivity contribution in [2.75, 3.05) is 7.11 Å². The zero-order valence-corrected chi connectivity index (χ0v) is 8.73. The van der Waals surface area contributed by atoms with Crippen LogP contribution in [0.15, 0.2) is 0 Å². The Morgan fingerprint density at radius 2 is 1.53 bits per heavy atom. The highest BCUT2D eigenvalue weighted by Crippen LogP contribution is 2.42. The first-order valence-electron chi connectivity index (χ1n) is 4.47. The summed E-state index contributed by atoms with van der Waals surface area (Å²) >= 11 is 0. The normalized spacial score (nSPS) is 14.9. The second kappa shape index (κ2) is 5.56. The number of methoxy groups -OCH3 is 1. The number of ether oxygens (including phenoxy) is 1. The van der Waals surface area contributed by atoms with Gasteiger partial charge < -0.3 is 10.5 Å². The highest BCUT2D eigenvalue weighted by Gasteiger charge is 2.56. The average Bonchev–Trinajstić information content (AvgIpc) is 2.12. The van der Waals surface area contributed by atoms with Gasteiger partial charge in [-0.1, -0.05) is 0 Å². The van der Waals surface area contributed by atoms with Crippen LogP contribution in [0, 0.1) is 5.92 Å². The van der Waals surface area contributed by atoms with Gasteiger partial charge in [0, 0.05) is 0 Å². The Morgan fingerprint density at radius 1 is 1.12 bits per heavy atom. The summed E-state index contributed by atoms with van der Waals surface area (Å²) in [7, 11) is 0.938. The third-order valence-corrected chi connectivity index (χ3v) is 2.06. The molecule has 9 heteroatoms. The molecule has 0 aromatic carbocycles. The number of nitrogens with two attached hydrogens (primary N) is 1. The van der Waals surface area contributed by atoms with Crippen LogP contribution in [-0.4, -0.2) is 31.5 Å². The van der Waals surface area contributed by atoms with Crippen LogP contribution >= 0.6 is 0 Å². The van der Waals surface area contributed by atoms with Crippen molar-refractivity contribution in [3.8, 4) is 0 Å². The largest absolute Gasteiger partial charge is 0.468 e. The first kappa shape index (κ1) is 16.0. The summed E-state index contributed by atoms with van der Waals surface area (Å²) in [5.41, 5.74) is 5.05. The van der Waals surface area contributed by atoms with Crippen LogP contribution in [-0.2, 0) is 9.53 Å². The molecule has 0 bridgehead atoms. The first-order chi connectivity index (χ1) is 7.50. The van der Waals surface area contributed by atoms with Gasteiger partial charge in [-0.25, -0.2) is 0 Å². The molecule has 0 heterocycles. The molecule has 0 radical (unpaired) electrons. The lowest BCUT2D eigenvalue weighted by molar-refractivity contribution is -0.286. The van der Waals surface area contributed by atoms with Gasteiger partial charge in [0.05, 0.1) is 7.11 Å².